The number of allylic oxidation sites excluding steroid dienone is 3. The molecule has 2 aliphatic rings. The highest BCUT2D eigenvalue weighted by Gasteiger charge is 2.24. The molecular weight excluding hydrogens is 589 g/mol. The Balaban J connectivity index is 1.51. The van der Waals surface area contributed by atoms with E-state index in [1.807, 2.05) is 0 Å². The maximum Gasteiger partial charge on any atom is 0.0817 e. The van der Waals surface area contributed by atoms with Crippen LogP contribution >= 0.6 is 0 Å². The summed E-state index contributed by atoms with van der Waals surface area (Å²) in [5.41, 5.74) is 11.4. The molecule has 260 valence electrons. The lowest BCUT2D eigenvalue weighted by Crippen LogP contribution is -2.47. The SMILES string of the molecule is C=C(Nc1cc(C(=C)NCCCN2C(=CCC)CCC2C)ccc1N1CCN(c2ccccc2C)CC1)/C(=C/CCC)N=C(C)CCC. The molecule has 0 bridgehead atoms. The van der Waals surface area contributed by atoms with Crippen molar-refractivity contribution in [2.24, 2.45) is 4.99 Å². The molecule has 0 saturated carbocycles. The van der Waals surface area contributed by atoms with Gasteiger partial charge in [0, 0.05) is 68.1 Å². The van der Waals surface area contributed by atoms with Crippen molar-refractivity contribution in [2.45, 2.75) is 99.0 Å². The van der Waals surface area contributed by atoms with E-state index in [4.69, 9.17) is 4.99 Å². The van der Waals surface area contributed by atoms with Gasteiger partial charge >= 0.3 is 0 Å². The largest absolute Gasteiger partial charge is 0.385 e. The molecule has 2 aromatic carbocycles. The standard InChI is InChI=1S/C42H62N6/c1-9-12-19-39(44-33(5)16-10-2)36(8)45-40-31-37(35(7)43-25-15-26-48-34(6)21-23-38(48)17-11-3)22-24-42(40)47-29-27-46(28-30-47)41-20-14-13-18-32(41)4/h13-14,17-20,22,24,31,34,43,45H,7-12,15-16,21,23,25-30H2,1-6H3/b38-17?,39-19-,44-33?. The third-order valence-electron chi connectivity index (χ3n) is 9.64. The predicted octanol–water partition coefficient (Wildman–Crippen LogP) is 9.92. The normalized spacial score (nSPS) is 18.1. The van der Waals surface area contributed by atoms with Gasteiger partial charge in [0.05, 0.1) is 22.8 Å². The number of piperazine rings is 1. The summed E-state index contributed by atoms with van der Waals surface area (Å²) in [5, 5.41) is 7.37. The molecule has 0 radical (unpaired) electrons. The number of hydrogen-bond donors (Lipinski definition) is 2. The van der Waals surface area contributed by atoms with Crippen molar-refractivity contribution in [2.75, 3.05) is 54.4 Å². The number of nitrogens with zero attached hydrogens (tertiary/aromatic N) is 4. The first-order valence-corrected chi connectivity index (χ1v) is 18.5. The third kappa shape index (κ3) is 10.0. The number of benzene rings is 2. The summed E-state index contributed by atoms with van der Waals surface area (Å²) in [5.74, 6) is 0. The van der Waals surface area contributed by atoms with E-state index in [1.54, 1.807) is 0 Å². The van der Waals surface area contributed by atoms with E-state index >= 15 is 0 Å². The summed E-state index contributed by atoms with van der Waals surface area (Å²) in [4.78, 5) is 12.6. The number of hydrogen-bond acceptors (Lipinski definition) is 6. The Morgan fingerprint density at radius 1 is 0.979 bits per heavy atom. The Labute approximate surface area is 292 Å². The van der Waals surface area contributed by atoms with E-state index in [0.717, 1.165) is 112 Å². The predicted molar refractivity (Wildman–Crippen MR) is 211 cm³/mol. The molecule has 2 saturated heterocycles. The zero-order valence-electron chi connectivity index (χ0n) is 30.9. The zero-order chi connectivity index (χ0) is 34.5. The van der Waals surface area contributed by atoms with E-state index in [-0.39, 0.29) is 0 Å². The topological polar surface area (TPSA) is 46.1 Å². The van der Waals surface area contributed by atoms with Crippen LogP contribution in [0.5, 0.6) is 0 Å². The molecule has 2 fully saturated rings. The van der Waals surface area contributed by atoms with E-state index in [0.29, 0.717) is 6.04 Å². The maximum atomic E-state index is 5.01. The molecule has 0 aromatic heterocycles. The van der Waals surface area contributed by atoms with Gasteiger partial charge in [0.1, 0.15) is 0 Å². The third-order valence-corrected chi connectivity index (χ3v) is 9.64. The second-order valence-electron chi connectivity index (χ2n) is 13.5. The van der Waals surface area contributed by atoms with Gasteiger partial charge in [-0.15, -0.1) is 0 Å². The number of aliphatic imine (C=N–C) groups is 1. The van der Waals surface area contributed by atoms with Gasteiger partial charge in [-0.2, -0.15) is 0 Å². The first-order valence-electron chi connectivity index (χ1n) is 18.5. The van der Waals surface area contributed by atoms with Crippen LogP contribution in [-0.2, 0) is 0 Å². The van der Waals surface area contributed by atoms with Gasteiger partial charge in [0.25, 0.3) is 0 Å². The van der Waals surface area contributed by atoms with Crippen LogP contribution in [0.25, 0.3) is 5.70 Å². The van der Waals surface area contributed by atoms with Crippen LogP contribution in [0.2, 0.25) is 0 Å². The molecule has 4 rings (SSSR count). The van der Waals surface area contributed by atoms with Crippen LogP contribution in [0.4, 0.5) is 17.1 Å². The number of aryl methyl sites for hydroxylation is 1. The summed E-state index contributed by atoms with van der Waals surface area (Å²) in [6.07, 6.45) is 13.4. The van der Waals surface area contributed by atoms with Crippen molar-refractivity contribution < 1.29 is 0 Å². The number of likely N-dealkylation sites (tertiary alicyclic amines) is 1. The number of nitrogens with one attached hydrogen (secondary N) is 2. The minimum atomic E-state index is 0.630. The molecule has 48 heavy (non-hydrogen) atoms. The molecular formula is C42H62N6. The van der Waals surface area contributed by atoms with E-state index in [9.17, 15) is 0 Å². The highest BCUT2D eigenvalue weighted by molar-refractivity contribution is 5.84. The maximum absolute atomic E-state index is 5.01. The number of unbranched alkanes of at least 4 members (excludes halogenated alkanes) is 1. The molecule has 2 aromatic rings. The molecule has 2 heterocycles. The summed E-state index contributed by atoms with van der Waals surface area (Å²) in [6, 6.07) is 16.1. The number of rotatable bonds is 17. The van der Waals surface area contributed by atoms with Crippen molar-refractivity contribution in [1.29, 1.82) is 0 Å². The number of para-hydroxylation sites is 1. The molecule has 6 nitrogen and oxygen atoms in total. The summed E-state index contributed by atoms with van der Waals surface area (Å²) in [6.45, 7) is 28.1. The Morgan fingerprint density at radius 2 is 1.71 bits per heavy atom. The van der Waals surface area contributed by atoms with Gasteiger partial charge in [-0.3, -0.25) is 4.99 Å². The lowest BCUT2D eigenvalue weighted by atomic mass is 10.1. The summed E-state index contributed by atoms with van der Waals surface area (Å²) in [7, 11) is 0. The van der Waals surface area contributed by atoms with Gasteiger partial charge in [0.2, 0.25) is 0 Å². The van der Waals surface area contributed by atoms with Crippen molar-refractivity contribution in [3.05, 3.63) is 96.0 Å². The minimum Gasteiger partial charge on any atom is -0.385 e. The Bertz CT molecular complexity index is 1460. The summed E-state index contributed by atoms with van der Waals surface area (Å²) >= 11 is 0. The quantitative estimate of drug-likeness (QED) is 0.101. The zero-order valence-corrected chi connectivity index (χ0v) is 30.9. The van der Waals surface area contributed by atoms with Crippen molar-refractivity contribution >= 4 is 28.5 Å². The Morgan fingerprint density at radius 3 is 2.40 bits per heavy atom. The Kier molecular flexibility index (Phi) is 14.3. The molecule has 1 atom stereocenters. The van der Waals surface area contributed by atoms with E-state index in [1.165, 1.54) is 35.5 Å². The molecule has 0 aliphatic carbocycles. The smallest absolute Gasteiger partial charge is 0.0817 e. The highest BCUT2D eigenvalue weighted by atomic mass is 15.3. The van der Waals surface area contributed by atoms with Gasteiger partial charge < -0.3 is 25.3 Å². The van der Waals surface area contributed by atoms with E-state index < -0.39 is 0 Å². The van der Waals surface area contributed by atoms with E-state index in [2.05, 4.69) is 135 Å². The van der Waals surface area contributed by atoms with Crippen LogP contribution in [-0.4, -0.2) is 55.9 Å². The summed E-state index contributed by atoms with van der Waals surface area (Å²) < 4.78 is 0. The highest BCUT2D eigenvalue weighted by Crippen LogP contribution is 2.33. The fraction of sp³-hybridized carbons (Fsp3) is 0.500. The van der Waals surface area contributed by atoms with Crippen LogP contribution in [0.3, 0.4) is 0 Å². The van der Waals surface area contributed by atoms with Crippen molar-refractivity contribution in [1.82, 2.24) is 10.2 Å². The van der Waals surface area contributed by atoms with Crippen LogP contribution < -0.4 is 20.4 Å². The van der Waals surface area contributed by atoms with Gasteiger partial charge in [-0.05, 0) is 88.6 Å². The molecule has 6 heteroatoms. The fourth-order valence-corrected chi connectivity index (χ4v) is 6.92. The van der Waals surface area contributed by atoms with Gasteiger partial charge in [0.15, 0.2) is 0 Å². The second-order valence-corrected chi connectivity index (χ2v) is 13.5. The number of anilines is 3. The molecule has 1 unspecified atom stereocenters. The lowest BCUT2D eigenvalue weighted by Gasteiger charge is -2.39. The molecule has 0 amide bonds. The first kappa shape index (κ1) is 36.9. The van der Waals surface area contributed by atoms with Crippen LogP contribution in [0, 0.1) is 6.92 Å². The fourth-order valence-electron chi connectivity index (χ4n) is 6.92. The average molecular weight is 651 g/mol. The molecule has 2 N–H and O–H groups in total. The monoisotopic (exact) mass is 651 g/mol. The van der Waals surface area contributed by atoms with Crippen LogP contribution in [0.15, 0.2) is 89.9 Å². The van der Waals surface area contributed by atoms with Crippen LogP contribution in [0.1, 0.15) is 97.1 Å². The Hall–Kier alpha value is -3.93. The van der Waals surface area contributed by atoms with Crippen molar-refractivity contribution in [3.63, 3.8) is 0 Å². The lowest BCUT2D eigenvalue weighted by molar-refractivity contribution is 0.306. The van der Waals surface area contributed by atoms with Crippen molar-refractivity contribution in [3.8, 4) is 0 Å². The average Bonchev–Trinajstić information content (AvgIpc) is 3.43. The molecule has 0 spiro atoms. The molecule has 2 aliphatic heterocycles. The first-order chi connectivity index (χ1) is 23.2. The van der Waals surface area contributed by atoms with Gasteiger partial charge in [-0.1, -0.05) is 83.2 Å². The van der Waals surface area contributed by atoms with Gasteiger partial charge in [-0.25, -0.2) is 0 Å². The minimum absolute atomic E-state index is 0.630. The second kappa shape index (κ2) is 18.6.